The Labute approximate surface area is 163 Å². The number of benzene rings is 2. The van der Waals surface area contributed by atoms with E-state index < -0.39 is 5.97 Å². The summed E-state index contributed by atoms with van der Waals surface area (Å²) in [5.41, 5.74) is 3.22. The number of hydrogen-bond donors (Lipinski definition) is 2. The Balaban J connectivity index is 1.75. The highest BCUT2D eigenvalue weighted by molar-refractivity contribution is 6.30. The second-order valence-electron chi connectivity index (χ2n) is 7.22. The molecule has 1 saturated carbocycles. The molecule has 0 aliphatic heterocycles. The lowest BCUT2D eigenvalue weighted by atomic mass is 10.1. The molecule has 5 heteroatoms. The zero-order valence-corrected chi connectivity index (χ0v) is 15.9. The highest BCUT2D eigenvalue weighted by Crippen LogP contribution is 2.28. The normalized spacial score (nSPS) is 14.9. The van der Waals surface area contributed by atoms with E-state index in [-0.39, 0.29) is 0 Å². The van der Waals surface area contributed by atoms with Gasteiger partial charge in [0.05, 0.1) is 0 Å². The quantitative estimate of drug-likeness (QED) is 0.625. The average molecular weight is 383 g/mol. The standard InChI is InChI=1S/C22H23ClN2O2/c23-16-11-9-15(10-12-16)14-25-20-8-4-3-7-18(20)19(21(25)22(26)27)13-24-17-5-1-2-6-17/h3-4,7-12,17,24H,1-2,5-6,13-14H2,(H,26,27). The van der Waals surface area contributed by atoms with Crippen LogP contribution in [0.3, 0.4) is 0 Å². The number of nitrogens with one attached hydrogen (secondary N) is 1. The van der Waals surface area contributed by atoms with Gasteiger partial charge in [-0.15, -0.1) is 0 Å². The van der Waals surface area contributed by atoms with Gasteiger partial charge >= 0.3 is 5.97 Å². The molecule has 1 fully saturated rings. The smallest absolute Gasteiger partial charge is 0.352 e. The van der Waals surface area contributed by atoms with Crippen molar-refractivity contribution in [3.63, 3.8) is 0 Å². The Kier molecular flexibility index (Phi) is 5.19. The first-order valence-electron chi connectivity index (χ1n) is 9.44. The summed E-state index contributed by atoms with van der Waals surface area (Å²) in [6.07, 6.45) is 4.85. The first-order chi connectivity index (χ1) is 13.1. The van der Waals surface area contributed by atoms with Crippen molar-refractivity contribution in [2.45, 2.75) is 44.8 Å². The lowest BCUT2D eigenvalue weighted by Gasteiger charge is -2.13. The summed E-state index contributed by atoms with van der Waals surface area (Å²) < 4.78 is 1.91. The number of carboxylic acids is 1. The van der Waals surface area contributed by atoms with E-state index in [1.54, 1.807) is 0 Å². The Morgan fingerprint density at radius 3 is 2.52 bits per heavy atom. The van der Waals surface area contributed by atoms with Gasteiger partial charge in [-0.05, 0) is 36.6 Å². The van der Waals surface area contributed by atoms with Gasteiger partial charge in [-0.25, -0.2) is 4.79 Å². The van der Waals surface area contributed by atoms with Crippen LogP contribution in [0.4, 0.5) is 0 Å². The number of hydrogen-bond acceptors (Lipinski definition) is 2. The number of carbonyl (C=O) groups is 1. The summed E-state index contributed by atoms with van der Waals surface area (Å²) in [7, 11) is 0. The monoisotopic (exact) mass is 382 g/mol. The number of rotatable bonds is 6. The summed E-state index contributed by atoms with van der Waals surface area (Å²) in [4.78, 5) is 12.2. The van der Waals surface area contributed by atoms with E-state index >= 15 is 0 Å². The third kappa shape index (κ3) is 3.73. The second-order valence-corrected chi connectivity index (χ2v) is 7.66. The van der Waals surface area contributed by atoms with E-state index in [0.29, 0.717) is 29.8 Å². The van der Waals surface area contributed by atoms with Crippen molar-refractivity contribution in [2.24, 2.45) is 0 Å². The summed E-state index contributed by atoms with van der Waals surface area (Å²) in [6, 6.07) is 16.0. The maximum absolute atomic E-state index is 12.2. The summed E-state index contributed by atoms with van der Waals surface area (Å²) in [6.45, 7) is 1.09. The van der Waals surface area contributed by atoms with Crippen LogP contribution in [-0.4, -0.2) is 21.7 Å². The van der Waals surface area contributed by atoms with Gasteiger partial charge in [-0.2, -0.15) is 0 Å². The van der Waals surface area contributed by atoms with Crippen molar-refractivity contribution in [3.8, 4) is 0 Å². The van der Waals surface area contributed by atoms with Gasteiger partial charge in [-0.3, -0.25) is 0 Å². The van der Waals surface area contributed by atoms with Crippen molar-refractivity contribution in [2.75, 3.05) is 0 Å². The van der Waals surface area contributed by atoms with Crippen LogP contribution in [0.5, 0.6) is 0 Å². The minimum atomic E-state index is -0.886. The van der Waals surface area contributed by atoms with Crippen LogP contribution >= 0.6 is 11.6 Å². The molecule has 27 heavy (non-hydrogen) atoms. The average Bonchev–Trinajstić information content (AvgIpc) is 3.28. The first kappa shape index (κ1) is 18.1. The molecule has 2 aromatic carbocycles. The molecule has 1 aromatic heterocycles. The molecule has 0 saturated heterocycles. The third-order valence-corrected chi connectivity index (χ3v) is 5.71. The minimum Gasteiger partial charge on any atom is -0.477 e. The molecule has 3 aromatic rings. The summed E-state index contributed by atoms with van der Waals surface area (Å²) in [5, 5.41) is 15.3. The zero-order chi connectivity index (χ0) is 18.8. The van der Waals surface area contributed by atoms with Gasteiger partial charge in [0.1, 0.15) is 5.69 Å². The fraction of sp³-hybridized carbons (Fsp3) is 0.318. The molecule has 0 spiro atoms. The first-order valence-corrected chi connectivity index (χ1v) is 9.82. The van der Waals surface area contributed by atoms with Crippen LogP contribution in [0, 0.1) is 0 Å². The van der Waals surface area contributed by atoms with Crippen molar-refractivity contribution >= 4 is 28.5 Å². The molecule has 0 atom stereocenters. The highest BCUT2D eigenvalue weighted by Gasteiger charge is 2.23. The minimum absolute atomic E-state index is 0.372. The van der Waals surface area contributed by atoms with Crippen LogP contribution in [0.25, 0.3) is 10.9 Å². The van der Waals surface area contributed by atoms with E-state index in [1.807, 2.05) is 53.1 Å². The molecule has 0 unspecified atom stereocenters. The lowest BCUT2D eigenvalue weighted by Crippen LogP contribution is -2.26. The maximum Gasteiger partial charge on any atom is 0.352 e. The van der Waals surface area contributed by atoms with Crippen LogP contribution in [0.1, 0.15) is 47.3 Å². The predicted molar refractivity (Wildman–Crippen MR) is 109 cm³/mol. The molecule has 140 valence electrons. The number of carboxylic acid groups (broad SMARTS) is 1. The van der Waals surface area contributed by atoms with Gasteiger partial charge in [0.2, 0.25) is 0 Å². The maximum atomic E-state index is 12.2. The van der Waals surface area contributed by atoms with E-state index in [4.69, 9.17) is 11.6 Å². The fourth-order valence-corrected chi connectivity index (χ4v) is 4.24. The molecule has 1 aliphatic rings. The highest BCUT2D eigenvalue weighted by atomic mass is 35.5. The van der Waals surface area contributed by atoms with Crippen molar-refractivity contribution in [1.82, 2.24) is 9.88 Å². The van der Waals surface area contributed by atoms with Crippen LogP contribution in [0.15, 0.2) is 48.5 Å². The Hall–Kier alpha value is -2.30. The molecule has 4 nitrogen and oxygen atoms in total. The molecule has 1 heterocycles. The van der Waals surface area contributed by atoms with Crippen LogP contribution < -0.4 is 5.32 Å². The lowest BCUT2D eigenvalue weighted by molar-refractivity contribution is 0.0684. The van der Waals surface area contributed by atoms with Gasteiger partial charge in [0, 0.05) is 40.6 Å². The molecule has 0 amide bonds. The molecule has 4 rings (SSSR count). The Morgan fingerprint density at radius 2 is 1.81 bits per heavy atom. The molecule has 0 radical (unpaired) electrons. The molecule has 0 bridgehead atoms. The molecular formula is C22H23ClN2O2. The second kappa shape index (κ2) is 7.75. The van der Waals surface area contributed by atoms with Gasteiger partial charge < -0.3 is 15.0 Å². The Morgan fingerprint density at radius 1 is 1.11 bits per heavy atom. The van der Waals surface area contributed by atoms with Crippen molar-refractivity contribution < 1.29 is 9.90 Å². The number of nitrogens with zero attached hydrogens (tertiary/aromatic N) is 1. The Bertz CT molecular complexity index is 956. The van der Waals surface area contributed by atoms with Crippen LogP contribution in [0.2, 0.25) is 5.02 Å². The zero-order valence-electron chi connectivity index (χ0n) is 15.1. The number of aromatic carboxylic acids is 1. The SMILES string of the molecule is O=C(O)c1c(CNC2CCCC2)c2ccccc2n1Cc1ccc(Cl)cc1. The van der Waals surface area contributed by atoms with E-state index in [0.717, 1.165) is 22.0 Å². The van der Waals surface area contributed by atoms with E-state index in [1.165, 1.54) is 25.7 Å². The predicted octanol–water partition coefficient (Wildman–Crippen LogP) is 5.07. The van der Waals surface area contributed by atoms with Gasteiger partial charge in [0.25, 0.3) is 0 Å². The third-order valence-electron chi connectivity index (χ3n) is 5.45. The van der Waals surface area contributed by atoms with Gasteiger partial charge in [0.15, 0.2) is 0 Å². The number of halogens is 1. The van der Waals surface area contributed by atoms with Crippen molar-refractivity contribution in [1.29, 1.82) is 0 Å². The summed E-state index contributed by atoms with van der Waals surface area (Å²) >= 11 is 5.99. The topological polar surface area (TPSA) is 54.3 Å². The molecule has 1 aliphatic carbocycles. The number of fused-ring (bicyclic) bond motifs is 1. The van der Waals surface area contributed by atoms with Crippen LogP contribution in [-0.2, 0) is 13.1 Å². The largest absolute Gasteiger partial charge is 0.477 e. The van der Waals surface area contributed by atoms with Gasteiger partial charge in [-0.1, -0.05) is 54.8 Å². The fourth-order valence-electron chi connectivity index (χ4n) is 4.11. The number of aromatic nitrogens is 1. The number of para-hydroxylation sites is 1. The summed E-state index contributed by atoms with van der Waals surface area (Å²) in [5.74, 6) is -0.886. The molecular weight excluding hydrogens is 360 g/mol. The van der Waals surface area contributed by atoms with Crippen molar-refractivity contribution in [3.05, 3.63) is 70.4 Å². The van der Waals surface area contributed by atoms with E-state index in [2.05, 4.69) is 5.32 Å². The molecule has 2 N–H and O–H groups in total. The van der Waals surface area contributed by atoms with E-state index in [9.17, 15) is 9.90 Å².